The molecule has 1 saturated heterocycles. The van der Waals surface area contributed by atoms with Crippen LogP contribution in [0.15, 0.2) is 53.9 Å². The summed E-state index contributed by atoms with van der Waals surface area (Å²) in [6.45, 7) is 2.13. The minimum absolute atomic E-state index is 0.0229. The van der Waals surface area contributed by atoms with E-state index >= 15 is 0 Å². The second-order valence-electron chi connectivity index (χ2n) is 6.68. The van der Waals surface area contributed by atoms with E-state index in [1.807, 2.05) is 58.8 Å². The van der Waals surface area contributed by atoms with Gasteiger partial charge in [-0.3, -0.25) is 4.79 Å². The van der Waals surface area contributed by atoms with Gasteiger partial charge in [0.1, 0.15) is 17.3 Å². The molecule has 0 unspecified atom stereocenters. The quantitative estimate of drug-likeness (QED) is 0.611. The zero-order chi connectivity index (χ0) is 19.3. The molecule has 1 aliphatic heterocycles. The standard InChI is InChI=1S/C22H22N2O3S/c1-26-20-13-17(9-10-19(20)27-14-16-7-3-2-4-8-16)21-23-18(15-28-21)22(25)24-11-5-6-12-24/h2-4,7-10,13,15H,5-6,11-12,14H2,1H3. The van der Waals surface area contributed by atoms with Gasteiger partial charge in [-0.25, -0.2) is 4.98 Å². The molecular formula is C22H22N2O3S. The molecule has 2 heterocycles. The van der Waals surface area contributed by atoms with Crippen LogP contribution in [0.1, 0.15) is 28.9 Å². The van der Waals surface area contributed by atoms with E-state index in [0.29, 0.717) is 23.8 Å². The van der Waals surface area contributed by atoms with Gasteiger partial charge in [0.15, 0.2) is 11.5 Å². The van der Waals surface area contributed by atoms with Crippen molar-refractivity contribution in [2.45, 2.75) is 19.4 Å². The van der Waals surface area contributed by atoms with Crippen LogP contribution in [0.5, 0.6) is 11.5 Å². The Hall–Kier alpha value is -2.86. The largest absolute Gasteiger partial charge is 0.493 e. The summed E-state index contributed by atoms with van der Waals surface area (Å²) < 4.78 is 11.4. The Kier molecular flexibility index (Phi) is 5.58. The molecule has 3 aromatic rings. The van der Waals surface area contributed by atoms with Crippen molar-refractivity contribution in [3.05, 3.63) is 65.2 Å². The Morgan fingerprint density at radius 3 is 2.64 bits per heavy atom. The fraction of sp³-hybridized carbons (Fsp3) is 0.273. The van der Waals surface area contributed by atoms with Gasteiger partial charge in [0, 0.05) is 24.0 Å². The van der Waals surface area contributed by atoms with Crippen molar-refractivity contribution in [3.63, 3.8) is 0 Å². The maximum atomic E-state index is 12.5. The number of likely N-dealkylation sites (tertiary alicyclic amines) is 1. The van der Waals surface area contributed by atoms with Crippen LogP contribution in [0.4, 0.5) is 0 Å². The van der Waals surface area contributed by atoms with Crippen molar-refractivity contribution in [1.82, 2.24) is 9.88 Å². The summed E-state index contributed by atoms with van der Waals surface area (Å²) >= 11 is 1.47. The van der Waals surface area contributed by atoms with Crippen LogP contribution in [0.2, 0.25) is 0 Å². The third kappa shape index (κ3) is 4.02. The van der Waals surface area contributed by atoms with Crippen molar-refractivity contribution in [3.8, 4) is 22.1 Å². The number of benzene rings is 2. The van der Waals surface area contributed by atoms with Gasteiger partial charge in [-0.1, -0.05) is 30.3 Å². The fourth-order valence-electron chi connectivity index (χ4n) is 3.24. The summed E-state index contributed by atoms with van der Waals surface area (Å²) in [5.74, 6) is 1.35. The molecular weight excluding hydrogens is 372 g/mol. The first-order chi connectivity index (χ1) is 13.7. The molecule has 5 nitrogen and oxygen atoms in total. The monoisotopic (exact) mass is 394 g/mol. The first-order valence-electron chi connectivity index (χ1n) is 9.34. The normalized spacial score (nSPS) is 13.5. The predicted octanol–water partition coefficient (Wildman–Crippen LogP) is 4.63. The van der Waals surface area contributed by atoms with E-state index in [2.05, 4.69) is 4.98 Å². The van der Waals surface area contributed by atoms with E-state index in [0.717, 1.165) is 42.1 Å². The number of carbonyl (C=O) groups is 1. The van der Waals surface area contributed by atoms with E-state index in [4.69, 9.17) is 9.47 Å². The number of aromatic nitrogens is 1. The van der Waals surface area contributed by atoms with Gasteiger partial charge in [0.2, 0.25) is 0 Å². The Morgan fingerprint density at radius 2 is 1.89 bits per heavy atom. The molecule has 0 N–H and O–H groups in total. The maximum Gasteiger partial charge on any atom is 0.273 e. The molecule has 0 saturated carbocycles. The van der Waals surface area contributed by atoms with E-state index in [-0.39, 0.29) is 5.91 Å². The number of carbonyl (C=O) groups excluding carboxylic acids is 1. The lowest BCUT2D eigenvalue weighted by molar-refractivity contribution is 0.0788. The predicted molar refractivity (Wildman–Crippen MR) is 110 cm³/mol. The van der Waals surface area contributed by atoms with Crippen LogP contribution in [-0.2, 0) is 6.61 Å². The lowest BCUT2D eigenvalue weighted by atomic mass is 10.2. The molecule has 28 heavy (non-hydrogen) atoms. The molecule has 1 fully saturated rings. The zero-order valence-electron chi connectivity index (χ0n) is 15.8. The number of ether oxygens (including phenoxy) is 2. The molecule has 1 aliphatic rings. The lowest BCUT2D eigenvalue weighted by Gasteiger charge is -2.13. The van der Waals surface area contributed by atoms with Gasteiger partial charge in [0.25, 0.3) is 5.91 Å². The SMILES string of the molecule is COc1cc(-c2nc(C(=O)N3CCCC3)cs2)ccc1OCc1ccccc1. The highest BCUT2D eigenvalue weighted by atomic mass is 32.1. The summed E-state index contributed by atoms with van der Waals surface area (Å²) in [6, 6.07) is 15.8. The molecule has 0 radical (unpaired) electrons. The molecule has 144 valence electrons. The van der Waals surface area contributed by atoms with Crippen molar-refractivity contribution >= 4 is 17.2 Å². The molecule has 1 aromatic heterocycles. The zero-order valence-corrected chi connectivity index (χ0v) is 16.6. The maximum absolute atomic E-state index is 12.5. The molecule has 0 spiro atoms. The number of methoxy groups -OCH3 is 1. The van der Waals surface area contributed by atoms with Crippen molar-refractivity contribution in [1.29, 1.82) is 0 Å². The number of rotatable bonds is 6. The van der Waals surface area contributed by atoms with Crippen LogP contribution in [0.3, 0.4) is 0 Å². The third-order valence-corrected chi connectivity index (χ3v) is 5.66. The second kappa shape index (κ2) is 8.44. The minimum atomic E-state index is 0.0229. The van der Waals surface area contributed by atoms with Crippen LogP contribution in [0, 0.1) is 0 Å². The Morgan fingerprint density at radius 1 is 1.11 bits per heavy atom. The van der Waals surface area contributed by atoms with Gasteiger partial charge in [-0.2, -0.15) is 0 Å². The Bertz CT molecular complexity index is 949. The lowest BCUT2D eigenvalue weighted by Crippen LogP contribution is -2.27. The highest BCUT2D eigenvalue weighted by Crippen LogP contribution is 2.34. The summed E-state index contributed by atoms with van der Waals surface area (Å²) in [6.07, 6.45) is 2.15. The Labute approximate surface area is 168 Å². The van der Waals surface area contributed by atoms with E-state index in [1.54, 1.807) is 7.11 Å². The highest BCUT2D eigenvalue weighted by molar-refractivity contribution is 7.13. The average molecular weight is 394 g/mol. The number of hydrogen-bond donors (Lipinski definition) is 0. The van der Waals surface area contributed by atoms with Crippen LogP contribution in [0.25, 0.3) is 10.6 Å². The highest BCUT2D eigenvalue weighted by Gasteiger charge is 2.22. The van der Waals surface area contributed by atoms with Gasteiger partial charge >= 0.3 is 0 Å². The summed E-state index contributed by atoms with van der Waals surface area (Å²) in [5, 5.41) is 2.64. The van der Waals surface area contributed by atoms with Gasteiger partial charge in [-0.15, -0.1) is 11.3 Å². The molecule has 2 aromatic carbocycles. The molecule has 1 amide bonds. The van der Waals surface area contributed by atoms with Crippen molar-refractivity contribution in [2.24, 2.45) is 0 Å². The molecule has 0 bridgehead atoms. The van der Waals surface area contributed by atoms with Crippen molar-refractivity contribution in [2.75, 3.05) is 20.2 Å². The van der Waals surface area contributed by atoms with Gasteiger partial charge < -0.3 is 14.4 Å². The average Bonchev–Trinajstić information content (AvgIpc) is 3.45. The number of thiazole rings is 1. The number of nitrogens with zero attached hydrogens (tertiary/aromatic N) is 2. The third-order valence-electron chi connectivity index (χ3n) is 4.76. The van der Waals surface area contributed by atoms with E-state index in [9.17, 15) is 4.79 Å². The molecule has 6 heteroatoms. The summed E-state index contributed by atoms with van der Waals surface area (Å²) in [4.78, 5) is 18.9. The van der Waals surface area contributed by atoms with Gasteiger partial charge in [0.05, 0.1) is 7.11 Å². The fourth-order valence-corrected chi connectivity index (χ4v) is 4.03. The number of amides is 1. The summed E-state index contributed by atoms with van der Waals surface area (Å²) in [7, 11) is 1.62. The van der Waals surface area contributed by atoms with E-state index in [1.165, 1.54) is 11.3 Å². The minimum Gasteiger partial charge on any atom is -0.493 e. The Balaban J connectivity index is 1.50. The molecule has 4 rings (SSSR count). The van der Waals surface area contributed by atoms with Crippen molar-refractivity contribution < 1.29 is 14.3 Å². The summed E-state index contributed by atoms with van der Waals surface area (Å²) in [5.41, 5.74) is 2.53. The second-order valence-corrected chi connectivity index (χ2v) is 7.54. The first kappa shape index (κ1) is 18.5. The number of hydrogen-bond acceptors (Lipinski definition) is 5. The van der Waals surface area contributed by atoms with Crippen LogP contribution in [-0.4, -0.2) is 36.0 Å². The molecule has 0 atom stereocenters. The first-order valence-corrected chi connectivity index (χ1v) is 10.2. The van der Waals surface area contributed by atoms with Crippen LogP contribution < -0.4 is 9.47 Å². The van der Waals surface area contributed by atoms with E-state index < -0.39 is 0 Å². The molecule has 0 aliphatic carbocycles. The van der Waals surface area contributed by atoms with Crippen LogP contribution >= 0.6 is 11.3 Å². The smallest absolute Gasteiger partial charge is 0.273 e. The van der Waals surface area contributed by atoms with Gasteiger partial charge in [-0.05, 0) is 36.6 Å². The topological polar surface area (TPSA) is 51.7 Å².